The summed E-state index contributed by atoms with van der Waals surface area (Å²) in [5, 5.41) is 7.27. The molecule has 4 nitrogen and oxygen atoms in total. The third-order valence-electron chi connectivity index (χ3n) is 9.80. The minimum Gasteiger partial charge on any atom is -0.309 e. The molecule has 8 aromatic carbocycles. The minimum absolute atomic E-state index is 0.644. The summed E-state index contributed by atoms with van der Waals surface area (Å²) in [6, 6.07) is 64.1. The Morgan fingerprint density at radius 1 is 0.314 bits per heavy atom. The second kappa shape index (κ2) is 11.9. The number of fused-ring (bicyclic) bond motifs is 6. The summed E-state index contributed by atoms with van der Waals surface area (Å²) >= 11 is 0. The SMILES string of the molecule is c1ccc(-c2ccc3c4c5ccccc5ccc4n(-c4ccc5ccc(-c6nc(-c7ccccc7)nc(-c7ccccc7)n6)cc5c4)c3c2)cc1. The van der Waals surface area contributed by atoms with Crippen LogP contribution in [0, 0.1) is 0 Å². The van der Waals surface area contributed by atoms with E-state index in [0.717, 1.165) is 33.2 Å². The van der Waals surface area contributed by atoms with Crippen LogP contribution < -0.4 is 0 Å². The smallest absolute Gasteiger partial charge is 0.164 e. The summed E-state index contributed by atoms with van der Waals surface area (Å²) in [6.07, 6.45) is 0. The maximum Gasteiger partial charge on any atom is 0.164 e. The molecule has 0 fully saturated rings. The molecule has 0 radical (unpaired) electrons. The molecule has 0 saturated heterocycles. The second-order valence-corrected chi connectivity index (χ2v) is 12.9. The van der Waals surface area contributed by atoms with E-state index in [1.54, 1.807) is 0 Å². The normalized spacial score (nSPS) is 11.5. The molecule has 0 aliphatic heterocycles. The van der Waals surface area contributed by atoms with Crippen molar-refractivity contribution in [2.24, 2.45) is 0 Å². The number of rotatable bonds is 5. The maximum atomic E-state index is 5.00. The molecule has 2 heterocycles. The van der Waals surface area contributed by atoms with Crippen LogP contribution in [-0.2, 0) is 0 Å². The van der Waals surface area contributed by atoms with E-state index in [4.69, 9.17) is 15.0 Å². The number of hydrogen-bond acceptors (Lipinski definition) is 3. The van der Waals surface area contributed by atoms with Crippen LogP contribution >= 0.6 is 0 Å². The van der Waals surface area contributed by atoms with Crippen molar-refractivity contribution in [3.05, 3.63) is 182 Å². The molecular formula is C47H30N4. The van der Waals surface area contributed by atoms with Gasteiger partial charge < -0.3 is 4.57 Å². The molecule has 0 unspecified atom stereocenters. The first-order chi connectivity index (χ1) is 25.3. The van der Waals surface area contributed by atoms with Crippen molar-refractivity contribution in [3.8, 4) is 51.0 Å². The highest BCUT2D eigenvalue weighted by Crippen LogP contribution is 2.39. The quantitative estimate of drug-likeness (QED) is 0.186. The predicted octanol–water partition coefficient (Wildman–Crippen LogP) is 11.9. The van der Waals surface area contributed by atoms with Crippen LogP contribution in [0.5, 0.6) is 0 Å². The molecule has 0 aliphatic rings. The van der Waals surface area contributed by atoms with Gasteiger partial charge in [-0.05, 0) is 63.0 Å². The van der Waals surface area contributed by atoms with E-state index in [-0.39, 0.29) is 0 Å². The van der Waals surface area contributed by atoms with Gasteiger partial charge in [-0.3, -0.25) is 0 Å². The molecule has 10 aromatic rings. The van der Waals surface area contributed by atoms with Crippen LogP contribution in [0.4, 0.5) is 0 Å². The molecule has 0 atom stereocenters. The van der Waals surface area contributed by atoms with E-state index in [2.05, 4.69) is 126 Å². The molecule has 0 bridgehead atoms. The van der Waals surface area contributed by atoms with Crippen LogP contribution in [0.3, 0.4) is 0 Å². The number of hydrogen-bond donors (Lipinski definition) is 0. The van der Waals surface area contributed by atoms with Crippen LogP contribution in [-0.4, -0.2) is 19.5 Å². The third kappa shape index (κ3) is 5.04. The molecule has 10 rings (SSSR count). The highest BCUT2D eigenvalue weighted by Gasteiger charge is 2.17. The molecule has 0 spiro atoms. The Bertz CT molecular complexity index is 2840. The summed E-state index contributed by atoms with van der Waals surface area (Å²) in [5.74, 6) is 1.95. The van der Waals surface area contributed by atoms with Gasteiger partial charge in [0.05, 0.1) is 11.0 Å². The Balaban J connectivity index is 1.18. The van der Waals surface area contributed by atoms with Crippen molar-refractivity contribution < 1.29 is 0 Å². The lowest BCUT2D eigenvalue weighted by atomic mass is 10.0. The zero-order valence-electron chi connectivity index (χ0n) is 27.6. The molecule has 4 heteroatoms. The fourth-order valence-electron chi connectivity index (χ4n) is 7.33. The van der Waals surface area contributed by atoms with Gasteiger partial charge in [-0.2, -0.15) is 0 Å². The molecule has 0 saturated carbocycles. The minimum atomic E-state index is 0.644. The first kappa shape index (κ1) is 29.0. The van der Waals surface area contributed by atoms with Gasteiger partial charge in [0, 0.05) is 33.2 Å². The highest BCUT2D eigenvalue weighted by molar-refractivity contribution is 6.21. The molecule has 0 N–H and O–H groups in total. The summed E-state index contributed by atoms with van der Waals surface area (Å²) in [4.78, 5) is 14.9. The number of aromatic nitrogens is 4. The Hall–Kier alpha value is -6.91. The van der Waals surface area contributed by atoms with E-state index in [9.17, 15) is 0 Å². The molecule has 2 aromatic heterocycles. The topological polar surface area (TPSA) is 43.6 Å². The van der Waals surface area contributed by atoms with Gasteiger partial charge in [-0.1, -0.05) is 152 Å². The summed E-state index contributed by atoms with van der Waals surface area (Å²) in [7, 11) is 0. The first-order valence-corrected chi connectivity index (χ1v) is 17.2. The fraction of sp³-hybridized carbons (Fsp3) is 0. The zero-order valence-corrected chi connectivity index (χ0v) is 27.6. The lowest BCUT2D eigenvalue weighted by Gasteiger charge is -2.12. The molecule has 238 valence electrons. The van der Waals surface area contributed by atoms with Gasteiger partial charge in [-0.25, -0.2) is 15.0 Å². The van der Waals surface area contributed by atoms with Gasteiger partial charge >= 0.3 is 0 Å². The predicted molar refractivity (Wildman–Crippen MR) is 211 cm³/mol. The van der Waals surface area contributed by atoms with E-state index >= 15 is 0 Å². The van der Waals surface area contributed by atoms with Crippen molar-refractivity contribution in [2.75, 3.05) is 0 Å². The fourth-order valence-corrected chi connectivity index (χ4v) is 7.33. The summed E-state index contributed by atoms with van der Waals surface area (Å²) in [6.45, 7) is 0. The third-order valence-corrected chi connectivity index (χ3v) is 9.80. The van der Waals surface area contributed by atoms with Crippen molar-refractivity contribution in [1.29, 1.82) is 0 Å². The first-order valence-electron chi connectivity index (χ1n) is 17.2. The molecule has 0 aliphatic carbocycles. The maximum absolute atomic E-state index is 5.00. The Kier molecular flexibility index (Phi) is 6.78. The Morgan fingerprint density at radius 3 is 1.59 bits per heavy atom. The van der Waals surface area contributed by atoms with Crippen LogP contribution in [0.25, 0.3) is 94.3 Å². The van der Waals surface area contributed by atoms with Gasteiger partial charge in [-0.15, -0.1) is 0 Å². The van der Waals surface area contributed by atoms with Gasteiger partial charge in [0.25, 0.3) is 0 Å². The molecule has 0 amide bonds. The zero-order chi connectivity index (χ0) is 33.7. The van der Waals surface area contributed by atoms with Crippen LogP contribution in [0.15, 0.2) is 182 Å². The largest absolute Gasteiger partial charge is 0.309 e. The van der Waals surface area contributed by atoms with E-state index < -0.39 is 0 Å². The lowest BCUT2D eigenvalue weighted by molar-refractivity contribution is 1.07. The van der Waals surface area contributed by atoms with E-state index in [0.29, 0.717) is 17.5 Å². The van der Waals surface area contributed by atoms with Gasteiger partial charge in [0.15, 0.2) is 17.5 Å². The lowest BCUT2D eigenvalue weighted by Crippen LogP contribution is -2.00. The van der Waals surface area contributed by atoms with Crippen molar-refractivity contribution in [2.45, 2.75) is 0 Å². The number of benzene rings is 8. The summed E-state index contributed by atoms with van der Waals surface area (Å²) < 4.78 is 2.42. The monoisotopic (exact) mass is 650 g/mol. The van der Waals surface area contributed by atoms with Gasteiger partial charge in [0.2, 0.25) is 0 Å². The standard InChI is InChI=1S/C47H30N4/c1-4-12-31(13-5-1)36-23-26-41-43(30-36)51(42-27-24-33-14-10-11-19-40(33)44(41)42)39-25-22-32-20-21-37(28-38(32)29-39)47-49-45(34-15-6-2-7-16-34)48-46(50-47)35-17-8-3-9-18-35/h1-30H. The second-order valence-electron chi connectivity index (χ2n) is 12.9. The van der Waals surface area contributed by atoms with Crippen LogP contribution in [0.1, 0.15) is 0 Å². The van der Waals surface area contributed by atoms with Crippen molar-refractivity contribution in [3.63, 3.8) is 0 Å². The van der Waals surface area contributed by atoms with E-state index in [1.807, 2.05) is 60.7 Å². The van der Waals surface area contributed by atoms with E-state index in [1.165, 1.54) is 43.7 Å². The van der Waals surface area contributed by atoms with Gasteiger partial charge in [0.1, 0.15) is 0 Å². The van der Waals surface area contributed by atoms with Crippen molar-refractivity contribution >= 4 is 43.4 Å². The van der Waals surface area contributed by atoms with Crippen molar-refractivity contribution in [1.82, 2.24) is 19.5 Å². The molecule has 51 heavy (non-hydrogen) atoms. The highest BCUT2D eigenvalue weighted by atomic mass is 15.0. The average molecular weight is 651 g/mol. The Labute approximate surface area is 295 Å². The number of nitrogens with zero attached hydrogens (tertiary/aromatic N) is 4. The van der Waals surface area contributed by atoms with Crippen LogP contribution in [0.2, 0.25) is 0 Å². The molecular weight excluding hydrogens is 621 g/mol. The Morgan fingerprint density at radius 2 is 0.882 bits per heavy atom. The average Bonchev–Trinajstić information content (AvgIpc) is 3.55. The summed E-state index contributed by atoms with van der Waals surface area (Å²) in [5.41, 5.74) is 8.70.